The Morgan fingerprint density at radius 1 is 1.00 bits per heavy atom. The van der Waals surface area contributed by atoms with Gasteiger partial charge in [-0.25, -0.2) is 4.79 Å². The summed E-state index contributed by atoms with van der Waals surface area (Å²) in [6.07, 6.45) is 10.3. The molecule has 6 nitrogen and oxygen atoms in total. The Kier molecular flexibility index (Phi) is 5.15. The van der Waals surface area contributed by atoms with Crippen molar-refractivity contribution >= 4 is 11.9 Å². The Bertz CT molecular complexity index is 500. The molecule has 2 N–H and O–H groups in total. The Balaban J connectivity index is 1.28. The van der Waals surface area contributed by atoms with E-state index in [9.17, 15) is 9.59 Å². The smallest absolute Gasteiger partial charge is 0.317 e. The summed E-state index contributed by atoms with van der Waals surface area (Å²) in [7, 11) is 0. The second-order valence-electron chi connectivity index (χ2n) is 8.37. The van der Waals surface area contributed by atoms with Crippen LogP contribution in [0.2, 0.25) is 0 Å². The number of rotatable bonds is 4. The van der Waals surface area contributed by atoms with E-state index in [0.717, 1.165) is 25.8 Å². The van der Waals surface area contributed by atoms with Crippen LogP contribution in [0.5, 0.6) is 0 Å². The van der Waals surface area contributed by atoms with Gasteiger partial charge in [-0.05, 0) is 38.0 Å². The van der Waals surface area contributed by atoms with Gasteiger partial charge in [-0.15, -0.1) is 0 Å². The number of hydrogen-bond donors (Lipinski definition) is 2. The molecule has 0 aromatic rings. The van der Waals surface area contributed by atoms with E-state index in [4.69, 9.17) is 4.74 Å². The van der Waals surface area contributed by atoms with Gasteiger partial charge in [-0.3, -0.25) is 4.79 Å². The van der Waals surface area contributed by atoms with Gasteiger partial charge in [0, 0.05) is 25.7 Å². The molecule has 25 heavy (non-hydrogen) atoms. The van der Waals surface area contributed by atoms with E-state index in [-0.39, 0.29) is 30.1 Å². The average Bonchev–Trinajstić information content (AvgIpc) is 3.41. The van der Waals surface area contributed by atoms with E-state index in [2.05, 4.69) is 10.6 Å². The zero-order valence-corrected chi connectivity index (χ0v) is 15.0. The van der Waals surface area contributed by atoms with Crippen LogP contribution >= 0.6 is 0 Å². The van der Waals surface area contributed by atoms with Crippen LogP contribution in [-0.4, -0.2) is 54.7 Å². The normalized spacial score (nSPS) is 33.0. The van der Waals surface area contributed by atoms with Crippen LogP contribution < -0.4 is 10.6 Å². The number of hydrogen-bond acceptors (Lipinski definition) is 3. The first-order valence-corrected chi connectivity index (χ1v) is 10.2. The monoisotopic (exact) mass is 349 g/mol. The van der Waals surface area contributed by atoms with Crippen LogP contribution in [0.1, 0.15) is 57.8 Å². The summed E-state index contributed by atoms with van der Waals surface area (Å²) in [5.74, 6) is 0.706. The van der Waals surface area contributed by atoms with Crippen molar-refractivity contribution in [2.45, 2.75) is 76.0 Å². The van der Waals surface area contributed by atoms with Crippen LogP contribution in [0.15, 0.2) is 0 Å². The molecule has 0 spiro atoms. The minimum atomic E-state index is -0.141. The molecular formula is C19H31N3O3. The zero-order chi connectivity index (χ0) is 17.2. The molecular weight excluding hydrogens is 318 g/mol. The van der Waals surface area contributed by atoms with Crippen molar-refractivity contribution in [3.8, 4) is 0 Å². The molecule has 2 saturated heterocycles. The maximum absolute atomic E-state index is 12.7. The third-order valence-electron chi connectivity index (χ3n) is 6.23. The van der Waals surface area contributed by atoms with Crippen LogP contribution in [0.25, 0.3) is 0 Å². The summed E-state index contributed by atoms with van der Waals surface area (Å²) >= 11 is 0. The quantitative estimate of drug-likeness (QED) is 0.763. The first-order chi connectivity index (χ1) is 12.2. The lowest BCUT2D eigenvalue weighted by Crippen LogP contribution is -2.53. The van der Waals surface area contributed by atoms with E-state index >= 15 is 0 Å². The van der Waals surface area contributed by atoms with Crippen molar-refractivity contribution < 1.29 is 14.3 Å². The number of morpholine rings is 1. The standard InChI is InChI=1S/C19H31N3O3/c23-18(20-10-13-7-8-13)16-9-15-11-22(12-17(16)25-15)19(24)21-14-5-3-1-2-4-6-14/h13-17H,1-12H2,(H,20,23)(H,21,24)/t15-,16+,17-/m1/s1. The summed E-state index contributed by atoms with van der Waals surface area (Å²) in [6, 6.07) is 0.345. The molecule has 2 heterocycles. The topological polar surface area (TPSA) is 70.7 Å². The van der Waals surface area contributed by atoms with Gasteiger partial charge in [0.05, 0.1) is 18.1 Å². The molecule has 0 unspecified atom stereocenters. The third-order valence-corrected chi connectivity index (χ3v) is 6.23. The fourth-order valence-electron chi connectivity index (χ4n) is 4.49. The highest BCUT2D eigenvalue weighted by Crippen LogP contribution is 2.33. The molecule has 0 radical (unpaired) electrons. The molecule has 6 heteroatoms. The Morgan fingerprint density at radius 2 is 1.76 bits per heavy atom. The molecule has 0 aromatic carbocycles. The van der Waals surface area contributed by atoms with Crippen molar-refractivity contribution in [2.24, 2.45) is 11.8 Å². The van der Waals surface area contributed by atoms with Crippen LogP contribution in [0.3, 0.4) is 0 Å². The van der Waals surface area contributed by atoms with E-state index in [0.29, 0.717) is 25.0 Å². The second-order valence-corrected chi connectivity index (χ2v) is 8.37. The molecule has 140 valence electrons. The maximum atomic E-state index is 12.7. The van der Waals surface area contributed by atoms with Gasteiger partial charge in [0.2, 0.25) is 5.91 Å². The van der Waals surface area contributed by atoms with Crippen LogP contribution in [0.4, 0.5) is 4.79 Å². The predicted molar refractivity (Wildman–Crippen MR) is 94.1 cm³/mol. The van der Waals surface area contributed by atoms with E-state index in [1.165, 1.54) is 38.5 Å². The molecule has 4 fully saturated rings. The summed E-state index contributed by atoms with van der Waals surface area (Å²) in [6.45, 7) is 1.95. The van der Waals surface area contributed by atoms with Crippen molar-refractivity contribution in [3.05, 3.63) is 0 Å². The first-order valence-electron chi connectivity index (χ1n) is 10.2. The third kappa shape index (κ3) is 4.27. The van der Waals surface area contributed by atoms with Gasteiger partial charge in [0.1, 0.15) is 0 Å². The van der Waals surface area contributed by atoms with Crippen LogP contribution in [0, 0.1) is 11.8 Å². The predicted octanol–water partition coefficient (Wildman–Crippen LogP) is 2.03. The number of carbonyl (C=O) groups excluding carboxylic acids is 2. The summed E-state index contributed by atoms with van der Waals surface area (Å²) in [5, 5.41) is 6.30. The van der Waals surface area contributed by atoms with E-state index in [1.807, 2.05) is 4.90 Å². The number of fused-ring (bicyclic) bond motifs is 2. The molecule has 3 amide bonds. The lowest BCUT2D eigenvalue weighted by Gasteiger charge is -2.34. The Labute approximate surface area is 150 Å². The van der Waals surface area contributed by atoms with Gasteiger partial charge < -0.3 is 20.3 Å². The van der Waals surface area contributed by atoms with Crippen molar-refractivity contribution in [3.63, 3.8) is 0 Å². The first kappa shape index (κ1) is 17.1. The minimum absolute atomic E-state index is 0.00955. The van der Waals surface area contributed by atoms with Gasteiger partial charge in [0.25, 0.3) is 0 Å². The largest absolute Gasteiger partial charge is 0.370 e. The van der Waals surface area contributed by atoms with Gasteiger partial charge in [0.15, 0.2) is 0 Å². The average molecular weight is 349 g/mol. The highest BCUT2D eigenvalue weighted by atomic mass is 16.5. The molecule has 4 rings (SSSR count). The number of nitrogens with zero attached hydrogens (tertiary/aromatic N) is 1. The highest BCUT2D eigenvalue weighted by molar-refractivity contribution is 5.80. The summed E-state index contributed by atoms with van der Waals surface area (Å²) in [5.41, 5.74) is 0. The number of carbonyl (C=O) groups is 2. The highest BCUT2D eigenvalue weighted by Gasteiger charge is 2.46. The molecule has 2 aliphatic carbocycles. The zero-order valence-electron chi connectivity index (χ0n) is 15.0. The Morgan fingerprint density at radius 3 is 2.48 bits per heavy atom. The van der Waals surface area contributed by atoms with Gasteiger partial charge >= 0.3 is 6.03 Å². The van der Waals surface area contributed by atoms with Crippen LogP contribution in [-0.2, 0) is 9.53 Å². The van der Waals surface area contributed by atoms with Crippen molar-refractivity contribution in [1.82, 2.24) is 15.5 Å². The molecule has 3 atom stereocenters. The maximum Gasteiger partial charge on any atom is 0.317 e. The fraction of sp³-hybridized carbons (Fsp3) is 0.895. The molecule has 2 aliphatic heterocycles. The van der Waals surface area contributed by atoms with E-state index in [1.54, 1.807) is 0 Å². The Hall–Kier alpha value is -1.30. The number of amides is 3. The van der Waals surface area contributed by atoms with Crippen molar-refractivity contribution in [2.75, 3.05) is 19.6 Å². The number of nitrogens with one attached hydrogen (secondary N) is 2. The lowest BCUT2D eigenvalue weighted by atomic mass is 9.99. The molecule has 2 bridgehead atoms. The SMILES string of the molecule is O=C(NCC1CC1)[C@H]1C[C@@H]2CN(C(=O)NC3CCCCCC3)C[C@H]1O2. The molecule has 2 saturated carbocycles. The number of ether oxygens (including phenoxy) is 1. The molecule has 0 aromatic heterocycles. The summed E-state index contributed by atoms with van der Waals surface area (Å²) in [4.78, 5) is 27.0. The minimum Gasteiger partial charge on any atom is -0.370 e. The second kappa shape index (κ2) is 7.52. The van der Waals surface area contributed by atoms with Gasteiger partial charge in [-0.2, -0.15) is 0 Å². The van der Waals surface area contributed by atoms with E-state index < -0.39 is 0 Å². The lowest BCUT2D eigenvalue weighted by molar-refractivity contribution is -0.127. The number of urea groups is 1. The fourth-order valence-corrected chi connectivity index (χ4v) is 4.49. The summed E-state index contributed by atoms with van der Waals surface area (Å²) < 4.78 is 5.96. The number of likely N-dealkylation sites (tertiary alicyclic amines) is 1. The van der Waals surface area contributed by atoms with Gasteiger partial charge in [-0.1, -0.05) is 25.7 Å². The van der Waals surface area contributed by atoms with Crippen molar-refractivity contribution in [1.29, 1.82) is 0 Å². The molecule has 4 aliphatic rings.